The van der Waals surface area contributed by atoms with E-state index in [4.69, 9.17) is 11.3 Å². The summed E-state index contributed by atoms with van der Waals surface area (Å²) in [6, 6.07) is 23.0. The number of likely N-dealkylation sites (N-methyl/N-ethyl adjacent to an activating group) is 2. The summed E-state index contributed by atoms with van der Waals surface area (Å²) in [5, 5.41) is 15.3. The summed E-state index contributed by atoms with van der Waals surface area (Å²) in [7, 11) is 9.68. The highest BCUT2D eigenvalue weighted by molar-refractivity contribution is 5.94. The smallest absolute Gasteiger partial charge is 0.296 e. The van der Waals surface area contributed by atoms with Crippen LogP contribution in [0.2, 0.25) is 0 Å². The Morgan fingerprint density at radius 2 is 0.985 bits per heavy atom. The molecular formula is C111H88N12O7-6. The molecule has 6 rings (SSSR count). The minimum absolute atomic E-state index is 0.0181. The molecule has 640 valence electrons. The maximum Gasteiger partial charge on any atom is 0.296 e. The molecule has 5 heterocycles. The van der Waals surface area contributed by atoms with Crippen LogP contribution >= 0.6 is 0 Å². The van der Waals surface area contributed by atoms with Crippen LogP contribution in [0.3, 0.4) is 0 Å². The lowest BCUT2D eigenvalue weighted by atomic mass is 9.96. The van der Waals surface area contributed by atoms with Gasteiger partial charge in [-0.3, -0.25) is 62.1 Å². The second kappa shape index (κ2) is 84.7. The van der Waals surface area contributed by atoms with Gasteiger partial charge in [-0.2, -0.15) is 55.1 Å². The topological polar surface area (TPSA) is 213 Å². The van der Waals surface area contributed by atoms with E-state index in [9.17, 15) is 28.8 Å². The van der Waals surface area contributed by atoms with Crippen LogP contribution in [0.15, 0.2) is 144 Å². The monoisotopic (exact) mass is 1700 g/mol. The third kappa shape index (κ3) is 68.4. The maximum absolute atomic E-state index is 11.6. The van der Waals surface area contributed by atoms with Crippen LogP contribution < -0.4 is 36.6 Å². The van der Waals surface area contributed by atoms with E-state index in [1.807, 2.05) is 41.5 Å². The van der Waals surface area contributed by atoms with Gasteiger partial charge in [-0.25, -0.2) is 41.9 Å². The number of amides is 6. The van der Waals surface area contributed by atoms with Crippen molar-refractivity contribution < 1.29 is 33.5 Å². The average Bonchev–Trinajstić information content (AvgIpc) is 1.68. The molecular weight excluding hydrogens is 1610 g/mol. The Labute approximate surface area is 770 Å². The number of piperidine rings is 2. The molecule has 130 heavy (non-hydrogen) atoms. The summed E-state index contributed by atoms with van der Waals surface area (Å²) in [5.41, 5.74) is 23.0. The van der Waals surface area contributed by atoms with Crippen molar-refractivity contribution in [3.05, 3.63) is 189 Å². The summed E-state index contributed by atoms with van der Waals surface area (Å²) < 4.78 is 5.34. The Bertz CT molecular complexity index is 6150. The highest BCUT2D eigenvalue weighted by atomic mass is 16.5. The van der Waals surface area contributed by atoms with E-state index in [0.717, 1.165) is 76.4 Å². The van der Waals surface area contributed by atoms with E-state index in [0.29, 0.717) is 24.3 Å². The maximum atomic E-state index is 11.6. The van der Waals surface area contributed by atoms with Crippen molar-refractivity contribution in [2.75, 3.05) is 94.6 Å². The number of benzene rings is 1. The molecule has 4 aliphatic heterocycles. The number of hydrogen-bond donors (Lipinski definition) is 6. The van der Waals surface area contributed by atoms with Gasteiger partial charge in [0.2, 0.25) is 23.6 Å². The van der Waals surface area contributed by atoms with E-state index in [-0.39, 0.29) is 47.4 Å². The third-order valence-electron chi connectivity index (χ3n) is 14.9. The summed E-state index contributed by atoms with van der Waals surface area (Å²) in [6.07, 6.45) is 25.7. The van der Waals surface area contributed by atoms with Crippen LogP contribution in [0.1, 0.15) is 81.5 Å². The molecule has 1 aromatic heterocycles. The van der Waals surface area contributed by atoms with Crippen LogP contribution in [0.25, 0.3) is 0 Å². The highest BCUT2D eigenvalue weighted by Gasteiger charge is 2.27. The number of nitrogens with one attached hydrogen (secondary N) is 6. The first-order valence-electron chi connectivity index (χ1n) is 39.3. The Hall–Kier alpha value is -19.3. The lowest BCUT2D eigenvalue weighted by molar-refractivity contribution is -0.126. The van der Waals surface area contributed by atoms with Crippen LogP contribution in [-0.4, -0.2) is 166 Å². The molecule has 0 radical (unpaired) electrons. The molecule has 2 aromatic rings. The molecule has 6 N–H and O–H groups in total. The molecule has 6 amide bonds. The Balaban J connectivity index is 0.00000166. The molecule has 1 aromatic carbocycles. The number of nitrogens with zero attached hydrogens (tertiary/aromatic N) is 6. The van der Waals surface area contributed by atoms with Gasteiger partial charge in [0.05, 0.1) is 12.7 Å². The van der Waals surface area contributed by atoms with Crippen molar-refractivity contribution in [1.82, 2.24) is 61.4 Å². The lowest BCUT2D eigenvalue weighted by Gasteiger charge is -2.28. The molecule has 0 bridgehead atoms. The van der Waals surface area contributed by atoms with Gasteiger partial charge in [0, 0.05) is 188 Å². The largest absolute Gasteiger partial charge is 0.484 e. The number of carbonyl (C=O) groups is 6. The van der Waals surface area contributed by atoms with Gasteiger partial charge in [0.15, 0.2) is 0 Å². The van der Waals surface area contributed by atoms with Crippen molar-refractivity contribution >= 4 is 35.4 Å². The first-order chi connectivity index (χ1) is 63.7. The van der Waals surface area contributed by atoms with Crippen molar-refractivity contribution in [1.29, 1.82) is 0 Å². The SMILES string of the molecule is C=C[CH-]C#CC#CC#CC#CN(C#CC#CC#CC#CC#C[C-]=COc1ccc(C(=O)NC)cc1)C#CC#CC#CC#C[CH-]C=C.CCC(=O)NC.CNC(=O)C#CC#CC#CC#CC#C[CH-]N1CCCCC1.CNC(=O)CN1CCCC1.[CH-]=C=C=C=C=C=C=C=C=C=CN1CCCC1C(=O)NC.[CH2-]C#CC#CC#CC#CC#CN1CCC(C(=O)NC)CC1.c1ccncc1. The number of ether oxygens (including phenoxy) is 1. The number of rotatable bonds is 12. The summed E-state index contributed by atoms with van der Waals surface area (Å²) in [6.45, 7) is 26.3. The quantitative estimate of drug-likeness (QED) is 0.0475. The third-order valence-corrected chi connectivity index (χ3v) is 14.9. The Morgan fingerprint density at radius 1 is 0.508 bits per heavy atom. The normalized spacial score (nSPS) is 10.7. The zero-order valence-electron chi connectivity index (χ0n) is 73.4. The number of allylic oxidation sites excluding steroid dienone is 3. The van der Waals surface area contributed by atoms with E-state index in [1.165, 1.54) is 45.4 Å². The fraction of sp³-hybridized carbons (Fsp3) is 0.243. The van der Waals surface area contributed by atoms with Gasteiger partial charge >= 0.3 is 0 Å². The molecule has 0 aliphatic carbocycles. The van der Waals surface area contributed by atoms with Crippen LogP contribution in [0.5, 0.6) is 5.75 Å². The van der Waals surface area contributed by atoms with Crippen molar-refractivity contribution in [2.24, 2.45) is 5.92 Å². The highest BCUT2D eigenvalue weighted by Crippen LogP contribution is 2.18. The first-order valence-corrected chi connectivity index (χ1v) is 39.3. The minimum Gasteiger partial charge on any atom is -0.484 e. The van der Waals surface area contributed by atoms with Crippen LogP contribution in [0, 0.1) is 318 Å². The molecule has 1 atom stereocenters. The molecule has 4 saturated heterocycles. The fourth-order valence-corrected chi connectivity index (χ4v) is 8.86. The summed E-state index contributed by atoms with van der Waals surface area (Å²) in [5.74, 6) is 108. The second-order valence-corrected chi connectivity index (χ2v) is 23.6. The molecule has 1 unspecified atom stereocenters. The number of pyridine rings is 1. The van der Waals surface area contributed by atoms with Crippen LogP contribution in [0.4, 0.5) is 0 Å². The fourth-order valence-electron chi connectivity index (χ4n) is 8.86. The van der Waals surface area contributed by atoms with E-state index < -0.39 is 0 Å². The molecule has 4 aliphatic rings. The zero-order chi connectivity index (χ0) is 95.0. The first kappa shape index (κ1) is 111. The van der Waals surface area contributed by atoms with Crippen molar-refractivity contribution in [3.8, 4) is 279 Å². The summed E-state index contributed by atoms with van der Waals surface area (Å²) >= 11 is 0. The average molecular weight is 1700 g/mol. The predicted molar refractivity (Wildman–Crippen MR) is 508 cm³/mol. The van der Waals surface area contributed by atoms with Gasteiger partial charge in [-0.15, -0.1) is 42.9 Å². The number of hydrogen-bond acceptors (Lipinski definition) is 13. The van der Waals surface area contributed by atoms with Gasteiger partial charge in [-0.1, -0.05) is 31.3 Å². The lowest BCUT2D eigenvalue weighted by Crippen LogP contribution is -2.39. The second-order valence-electron chi connectivity index (χ2n) is 23.6. The molecule has 19 heteroatoms. The predicted octanol–water partition coefficient (Wildman–Crippen LogP) is 5.98. The zero-order valence-corrected chi connectivity index (χ0v) is 73.4. The molecule has 0 saturated carbocycles. The molecule has 0 spiro atoms. The Kier molecular flexibility index (Phi) is 72.1. The minimum atomic E-state index is -0.378. The number of carbonyl (C=O) groups excluding carboxylic acids is 6. The van der Waals surface area contributed by atoms with Crippen molar-refractivity contribution in [2.45, 2.75) is 77.2 Å². The van der Waals surface area contributed by atoms with E-state index in [1.54, 1.807) is 103 Å². The Morgan fingerprint density at radius 3 is 1.45 bits per heavy atom. The molecule has 19 nitrogen and oxygen atoms in total. The van der Waals surface area contributed by atoms with Gasteiger partial charge < -0.3 is 51.3 Å². The van der Waals surface area contributed by atoms with E-state index >= 15 is 0 Å². The standard InChI is InChI=1S/C42H17N2O2.2C18H15N2O.C17H13N2O.C7H14N2O.C5H5N.C4H9NO/c1-4-6-8-10-12-16-20-24-28-36-44(37-29-25-21-17-13-11-9-7-5-2)38-30-26-22-18-14-15-19-23-27-31-39-46-41-34-32-40(33-35-41)42(45)43-3;1-19-18(21)14-10-7-5-3-2-4-6-8-11-15-20-16-12-9-13-17-20;1-3-4-5-6-7-8-9-10-11-14-20-15-12-17(13-16-20)18(21)19-2;1-3-4-5-6-7-8-9-10-11-14-19-15-12-13-16(19)17(20)18-2;1-8-7(10)6-9-4-2-3-5-9;1-2-4-6-5-3-1;1-3-4(6)5-2/h4-7,32-35,39H,1-2H2,3H3,(H,43,45);15H,9,12-13,16-17H2,1H3,(H,19,21);17H,1,12-13,15-16H2,2H3,(H,19,21);1,14,16H,12-13,15H2,2H3,(H,18,20);2-6H2,1H3,(H,8,10);1-5H;3H2,1-2H3,(H,5,6)/q-3;3*-1;;;. The van der Waals surface area contributed by atoms with Gasteiger partial charge in [-0.05, 0) is 243 Å². The van der Waals surface area contributed by atoms with Crippen molar-refractivity contribution in [3.63, 3.8) is 0 Å². The number of likely N-dealkylation sites (tertiary alicyclic amines) is 4. The number of aromatic nitrogens is 1. The molecule has 4 fully saturated rings. The van der Waals surface area contributed by atoms with E-state index in [2.05, 4.69) is 397 Å². The van der Waals surface area contributed by atoms with Crippen LogP contribution in [-0.2, 0) is 24.0 Å². The van der Waals surface area contributed by atoms with Gasteiger partial charge in [0.25, 0.3) is 11.8 Å². The summed E-state index contributed by atoms with van der Waals surface area (Å²) in [4.78, 5) is 79.4. The van der Waals surface area contributed by atoms with Gasteiger partial charge in [0.1, 0.15) is 11.8 Å².